The van der Waals surface area contributed by atoms with E-state index in [1.54, 1.807) is 18.3 Å². The van der Waals surface area contributed by atoms with Crippen LogP contribution in [0.4, 0.5) is 0 Å². The van der Waals surface area contributed by atoms with Gasteiger partial charge in [-0.2, -0.15) is 0 Å². The summed E-state index contributed by atoms with van der Waals surface area (Å²) in [4.78, 5) is 4.22. The summed E-state index contributed by atoms with van der Waals surface area (Å²) in [5.74, 6) is 0.273. The molecular weight excluding hydrogens is 200 g/mol. The molecule has 16 heavy (non-hydrogen) atoms. The average molecular weight is 214 g/mol. The summed E-state index contributed by atoms with van der Waals surface area (Å²) in [6, 6.07) is 12.7. The van der Waals surface area contributed by atoms with E-state index in [4.69, 9.17) is 10.8 Å². The summed E-state index contributed by atoms with van der Waals surface area (Å²) in [5.41, 5.74) is 8.02. The maximum Gasteiger partial charge on any atom is 0.115 e. The van der Waals surface area contributed by atoms with Crippen LogP contribution in [0.25, 0.3) is 0 Å². The fourth-order valence-electron chi connectivity index (χ4n) is 1.59. The Hall–Kier alpha value is -1.87. The number of aromatic hydroxyl groups is 1. The van der Waals surface area contributed by atoms with Crippen molar-refractivity contribution in [2.75, 3.05) is 0 Å². The Morgan fingerprint density at radius 2 is 1.88 bits per heavy atom. The van der Waals surface area contributed by atoms with E-state index in [1.807, 2.05) is 30.3 Å². The lowest BCUT2D eigenvalue weighted by Crippen LogP contribution is -2.14. The van der Waals surface area contributed by atoms with Gasteiger partial charge in [-0.05, 0) is 36.2 Å². The van der Waals surface area contributed by atoms with Crippen molar-refractivity contribution in [1.82, 2.24) is 4.98 Å². The lowest BCUT2D eigenvalue weighted by Gasteiger charge is -2.10. The predicted molar refractivity (Wildman–Crippen MR) is 63.0 cm³/mol. The van der Waals surface area contributed by atoms with E-state index < -0.39 is 0 Å². The van der Waals surface area contributed by atoms with Gasteiger partial charge < -0.3 is 10.8 Å². The van der Waals surface area contributed by atoms with Gasteiger partial charge in [-0.25, -0.2) is 0 Å². The Morgan fingerprint density at radius 1 is 1.12 bits per heavy atom. The quantitative estimate of drug-likeness (QED) is 0.821. The van der Waals surface area contributed by atoms with Crippen LogP contribution in [0.3, 0.4) is 0 Å². The molecule has 0 spiro atoms. The first-order valence-electron chi connectivity index (χ1n) is 5.20. The topological polar surface area (TPSA) is 59.1 Å². The molecule has 0 fully saturated rings. The van der Waals surface area contributed by atoms with Crippen molar-refractivity contribution in [3.05, 3.63) is 59.9 Å². The van der Waals surface area contributed by atoms with Crippen LogP contribution in [0, 0.1) is 0 Å². The zero-order valence-electron chi connectivity index (χ0n) is 8.88. The lowest BCUT2D eigenvalue weighted by molar-refractivity contribution is 0.475. The number of phenols is 1. The van der Waals surface area contributed by atoms with Crippen LogP contribution in [-0.4, -0.2) is 10.1 Å². The van der Waals surface area contributed by atoms with E-state index in [1.165, 1.54) is 0 Å². The molecule has 0 bridgehead atoms. The number of rotatable bonds is 3. The van der Waals surface area contributed by atoms with Crippen molar-refractivity contribution in [1.29, 1.82) is 0 Å². The molecule has 2 rings (SSSR count). The molecule has 3 heteroatoms. The molecule has 0 amide bonds. The summed E-state index contributed by atoms with van der Waals surface area (Å²) >= 11 is 0. The van der Waals surface area contributed by atoms with Gasteiger partial charge in [0.2, 0.25) is 0 Å². The SMILES string of the molecule is NC(Cc1ccc(O)cc1)c1ccccn1. The number of nitrogens with two attached hydrogens (primary N) is 1. The molecule has 2 aromatic rings. The van der Waals surface area contributed by atoms with Gasteiger partial charge in [-0.3, -0.25) is 4.98 Å². The first kappa shape index (κ1) is 10.6. The molecule has 1 atom stereocenters. The Morgan fingerprint density at radius 3 is 2.50 bits per heavy atom. The standard InChI is InChI=1S/C13H14N2O/c14-12(13-3-1-2-8-15-13)9-10-4-6-11(16)7-5-10/h1-8,12,16H,9,14H2. The number of aromatic nitrogens is 1. The highest BCUT2D eigenvalue weighted by Gasteiger charge is 2.07. The largest absolute Gasteiger partial charge is 0.508 e. The van der Waals surface area contributed by atoms with Gasteiger partial charge >= 0.3 is 0 Å². The minimum absolute atomic E-state index is 0.106. The second-order valence-electron chi connectivity index (χ2n) is 3.73. The maximum absolute atomic E-state index is 9.16. The summed E-state index contributed by atoms with van der Waals surface area (Å²) < 4.78 is 0. The van der Waals surface area contributed by atoms with E-state index in [0.29, 0.717) is 0 Å². The van der Waals surface area contributed by atoms with Crippen LogP contribution >= 0.6 is 0 Å². The molecule has 1 aromatic heterocycles. The molecule has 0 aliphatic rings. The van der Waals surface area contributed by atoms with Crippen LogP contribution in [0.2, 0.25) is 0 Å². The lowest BCUT2D eigenvalue weighted by atomic mass is 10.0. The average Bonchev–Trinajstić information content (AvgIpc) is 2.33. The Labute approximate surface area is 94.6 Å². The smallest absolute Gasteiger partial charge is 0.115 e. The number of hydrogen-bond acceptors (Lipinski definition) is 3. The number of phenolic OH excluding ortho intramolecular Hbond substituents is 1. The van der Waals surface area contributed by atoms with Crippen LogP contribution in [0.15, 0.2) is 48.7 Å². The second kappa shape index (κ2) is 4.77. The van der Waals surface area contributed by atoms with Gasteiger partial charge in [0.05, 0.1) is 11.7 Å². The molecule has 3 N–H and O–H groups in total. The maximum atomic E-state index is 9.16. The number of hydrogen-bond donors (Lipinski definition) is 2. The molecule has 0 saturated heterocycles. The molecule has 3 nitrogen and oxygen atoms in total. The summed E-state index contributed by atoms with van der Waals surface area (Å²) in [6.07, 6.45) is 2.46. The zero-order chi connectivity index (χ0) is 11.4. The third kappa shape index (κ3) is 2.58. The number of pyridine rings is 1. The van der Waals surface area contributed by atoms with Crippen molar-refractivity contribution >= 4 is 0 Å². The van der Waals surface area contributed by atoms with Crippen molar-refractivity contribution in [2.24, 2.45) is 5.73 Å². The molecule has 1 unspecified atom stereocenters. The molecule has 1 aromatic carbocycles. The van der Waals surface area contributed by atoms with E-state index in [-0.39, 0.29) is 11.8 Å². The monoisotopic (exact) mass is 214 g/mol. The van der Waals surface area contributed by atoms with Gasteiger partial charge in [0.1, 0.15) is 5.75 Å². The highest BCUT2D eigenvalue weighted by Crippen LogP contribution is 2.16. The van der Waals surface area contributed by atoms with E-state index in [9.17, 15) is 0 Å². The van der Waals surface area contributed by atoms with Crippen LogP contribution in [0.1, 0.15) is 17.3 Å². The molecule has 0 radical (unpaired) electrons. The zero-order valence-corrected chi connectivity index (χ0v) is 8.88. The minimum atomic E-state index is -0.106. The van der Waals surface area contributed by atoms with Crippen LogP contribution < -0.4 is 5.73 Å². The number of nitrogens with zero attached hydrogens (tertiary/aromatic N) is 1. The van der Waals surface area contributed by atoms with Gasteiger partial charge in [0.15, 0.2) is 0 Å². The minimum Gasteiger partial charge on any atom is -0.508 e. The third-order valence-electron chi connectivity index (χ3n) is 2.46. The molecule has 0 saturated carbocycles. The Bertz CT molecular complexity index is 439. The summed E-state index contributed by atoms with van der Waals surface area (Å²) in [7, 11) is 0. The van der Waals surface area contributed by atoms with Gasteiger partial charge in [-0.15, -0.1) is 0 Å². The Balaban J connectivity index is 2.08. The number of benzene rings is 1. The molecule has 1 heterocycles. The van der Waals surface area contributed by atoms with Crippen LogP contribution in [0.5, 0.6) is 5.75 Å². The first-order chi connectivity index (χ1) is 7.75. The summed E-state index contributed by atoms with van der Waals surface area (Å²) in [5, 5.41) is 9.16. The molecule has 0 aliphatic heterocycles. The molecule has 82 valence electrons. The van der Waals surface area contributed by atoms with E-state index in [2.05, 4.69) is 4.98 Å². The van der Waals surface area contributed by atoms with Crippen molar-refractivity contribution in [3.8, 4) is 5.75 Å². The van der Waals surface area contributed by atoms with Crippen LogP contribution in [-0.2, 0) is 6.42 Å². The van der Waals surface area contributed by atoms with Crippen molar-refractivity contribution < 1.29 is 5.11 Å². The second-order valence-corrected chi connectivity index (χ2v) is 3.73. The highest BCUT2D eigenvalue weighted by molar-refractivity contribution is 5.27. The molecule has 0 aliphatic carbocycles. The Kier molecular flexibility index (Phi) is 3.17. The van der Waals surface area contributed by atoms with Gasteiger partial charge in [0.25, 0.3) is 0 Å². The van der Waals surface area contributed by atoms with Crippen molar-refractivity contribution in [3.63, 3.8) is 0 Å². The summed E-state index contributed by atoms with van der Waals surface area (Å²) in [6.45, 7) is 0. The fraction of sp³-hybridized carbons (Fsp3) is 0.154. The van der Waals surface area contributed by atoms with E-state index in [0.717, 1.165) is 17.7 Å². The van der Waals surface area contributed by atoms with E-state index >= 15 is 0 Å². The highest BCUT2D eigenvalue weighted by atomic mass is 16.3. The normalized spacial score (nSPS) is 12.3. The third-order valence-corrected chi connectivity index (χ3v) is 2.46. The predicted octanol–water partition coefficient (Wildman–Crippen LogP) is 2.03. The van der Waals surface area contributed by atoms with Gasteiger partial charge in [0, 0.05) is 6.20 Å². The molecular formula is C13H14N2O. The first-order valence-corrected chi connectivity index (χ1v) is 5.20. The van der Waals surface area contributed by atoms with Gasteiger partial charge in [-0.1, -0.05) is 18.2 Å². The van der Waals surface area contributed by atoms with Crippen molar-refractivity contribution in [2.45, 2.75) is 12.5 Å². The fourth-order valence-corrected chi connectivity index (χ4v) is 1.59.